The van der Waals surface area contributed by atoms with Gasteiger partial charge in [-0.3, -0.25) is 9.59 Å². The summed E-state index contributed by atoms with van der Waals surface area (Å²) in [4.78, 5) is 26.3. The van der Waals surface area contributed by atoms with E-state index < -0.39 is 0 Å². The molecule has 6 heteroatoms. The number of anilines is 1. The average Bonchev–Trinajstić information content (AvgIpc) is 2.78. The van der Waals surface area contributed by atoms with E-state index in [4.69, 9.17) is 4.74 Å². The molecule has 31 heavy (non-hydrogen) atoms. The third-order valence-electron chi connectivity index (χ3n) is 4.87. The summed E-state index contributed by atoms with van der Waals surface area (Å²) in [6.45, 7) is 4.72. The van der Waals surface area contributed by atoms with E-state index in [1.165, 1.54) is 19.1 Å². The van der Waals surface area contributed by atoms with Crippen LogP contribution in [0.15, 0.2) is 72.8 Å². The normalized spacial score (nSPS) is 10.4. The Labute approximate surface area is 181 Å². The van der Waals surface area contributed by atoms with Crippen LogP contribution in [-0.2, 0) is 17.9 Å². The third kappa shape index (κ3) is 6.15. The summed E-state index contributed by atoms with van der Waals surface area (Å²) in [6, 6.07) is 20.4. The zero-order chi connectivity index (χ0) is 22.2. The molecule has 1 N–H and O–H groups in total. The van der Waals surface area contributed by atoms with Crippen molar-refractivity contribution in [1.29, 1.82) is 0 Å². The van der Waals surface area contributed by atoms with Crippen LogP contribution in [0.2, 0.25) is 0 Å². The second-order valence-corrected chi connectivity index (χ2v) is 7.09. The summed E-state index contributed by atoms with van der Waals surface area (Å²) in [7, 11) is 0. The van der Waals surface area contributed by atoms with Crippen molar-refractivity contribution >= 4 is 17.5 Å². The maximum Gasteiger partial charge on any atom is 0.255 e. The van der Waals surface area contributed by atoms with Crippen LogP contribution in [0.3, 0.4) is 0 Å². The van der Waals surface area contributed by atoms with Gasteiger partial charge in [-0.25, -0.2) is 4.39 Å². The van der Waals surface area contributed by atoms with Gasteiger partial charge in [0.1, 0.15) is 18.2 Å². The summed E-state index contributed by atoms with van der Waals surface area (Å²) in [5.74, 6) is -0.0488. The van der Waals surface area contributed by atoms with E-state index in [0.717, 1.165) is 11.1 Å². The summed E-state index contributed by atoms with van der Waals surface area (Å²) in [5.41, 5.74) is 2.79. The fourth-order valence-corrected chi connectivity index (χ4v) is 3.10. The Hall–Kier alpha value is -3.67. The molecule has 0 saturated heterocycles. The number of carbonyl (C=O) groups is 2. The van der Waals surface area contributed by atoms with E-state index in [9.17, 15) is 14.0 Å². The lowest BCUT2D eigenvalue weighted by molar-refractivity contribution is -0.129. The maximum absolute atomic E-state index is 13.0. The molecule has 0 aliphatic carbocycles. The summed E-state index contributed by atoms with van der Waals surface area (Å²) < 4.78 is 18.8. The van der Waals surface area contributed by atoms with Crippen LogP contribution in [0, 0.1) is 5.82 Å². The lowest BCUT2D eigenvalue weighted by Gasteiger charge is -2.21. The first-order valence-corrected chi connectivity index (χ1v) is 10.1. The molecular weight excluding hydrogens is 395 g/mol. The van der Waals surface area contributed by atoms with Crippen molar-refractivity contribution in [3.05, 3.63) is 95.3 Å². The highest BCUT2D eigenvalue weighted by Gasteiger charge is 2.13. The van der Waals surface area contributed by atoms with Crippen molar-refractivity contribution in [2.24, 2.45) is 0 Å². The molecule has 0 heterocycles. The highest BCUT2D eigenvalue weighted by Crippen LogP contribution is 2.20. The topological polar surface area (TPSA) is 58.6 Å². The molecular formula is C25H25FN2O3. The second-order valence-electron chi connectivity index (χ2n) is 7.09. The van der Waals surface area contributed by atoms with Crippen LogP contribution in [-0.4, -0.2) is 23.3 Å². The smallest absolute Gasteiger partial charge is 0.255 e. The van der Waals surface area contributed by atoms with Crippen LogP contribution in [0.25, 0.3) is 0 Å². The fraction of sp³-hybridized carbons (Fsp3) is 0.200. The lowest BCUT2D eigenvalue weighted by Crippen LogP contribution is -2.28. The van der Waals surface area contributed by atoms with Gasteiger partial charge in [-0.05, 0) is 54.4 Å². The number of benzene rings is 3. The first-order valence-electron chi connectivity index (χ1n) is 10.1. The van der Waals surface area contributed by atoms with Gasteiger partial charge in [0.2, 0.25) is 5.91 Å². The lowest BCUT2D eigenvalue weighted by atomic mass is 10.1. The predicted molar refractivity (Wildman–Crippen MR) is 118 cm³/mol. The van der Waals surface area contributed by atoms with Gasteiger partial charge < -0.3 is 15.0 Å². The first kappa shape index (κ1) is 22.0. The van der Waals surface area contributed by atoms with Crippen LogP contribution in [0.1, 0.15) is 35.3 Å². The highest BCUT2D eigenvalue weighted by molar-refractivity contribution is 6.04. The molecule has 0 aliphatic heterocycles. The van der Waals surface area contributed by atoms with E-state index in [0.29, 0.717) is 30.1 Å². The van der Waals surface area contributed by atoms with Gasteiger partial charge in [-0.15, -0.1) is 0 Å². The molecule has 3 aromatic rings. The number of ether oxygens (including phenoxy) is 1. The van der Waals surface area contributed by atoms with E-state index in [-0.39, 0.29) is 24.2 Å². The quantitative estimate of drug-likeness (QED) is 0.556. The SMILES string of the molecule is CCN(Cc1ccccc1NC(=O)c1cccc(OCc2ccc(F)cc2)c1)C(C)=O. The van der Waals surface area contributed by atoms with Crippen molar-refractivity contribution in [3.8, 4) is 5.75 Å². The molecule has 0 fully saturated rings. The predicted octanol–water partition coefficient (Wildman–Crippen LogP) is 5.03. The van der Waals surface area contributed by atoms with Crippen molar-refractivity contribution in [2.45, 2.75) is 27.0 Å². The monoisotopic (exact) mass is 420 g/mol. The van der Waals surface area contributed by atoms with Gasteiger partial charge in [0.15, 0.2) is 0 Å². The van der Waals surface area contributed by atoms with Gasteiger partial charge in [-0.1, -0.05) is 36.4 Å². The molecule has 3 aromatic carbocycles. The van der Waals surface area contributed by atoms with Crippen molar-refractivity contribution in [3.63, 3.8) is 0 Å². The Morgan fingerprint density at radius 2 is 1.74 bits per heavy atom. The van der Waals surface area contributed by atoms with Gasteiger partial charge in [0, 0.05) is 31.3 Å². The number of nitrogens with one attached hydrogen (secondary N) is 1. The van der Waals surface area contributed by atoms with Crippen LogP contribution < -0.4 is 10.1 Å². The minimum atomic E-state index is -0.298. The van der Waals surface area contributed by atoms with Crippen LogP contribution in [0.4, 0.5) is 10.1 Å². The number of carbonyl (C=O) groups excluding carboxylic acids is 2. The minimum absolute atomic E-state index is 0.0189. The largest absolute Gasteiger partial charge is 0.489 e. The zero-order valence-corrected chi connectivity index (χ0v) is 17.6. The Bertz CT molecular complexity index is 1050. The first-order chi connectivity index (χ1) is 15.0. The summed E-state index contributed by atoms with van der Waals surface area (Å²) in [6.07, 6.45) is 0. The van der Waals surface area contributed by atoms with Crippen LogP contribution >= 0.6 is 0 Å². The molecule has 0 spiro atoms. The van der Waals surface area contributed by atoms with Gasteiger partial charge in [-0.2, -0.15) is 0 Å². The van der Waals surface area contributed by atoms with Crippen molar-refractivity contribution in [1.82, 2.24) is 4.90 Å². The van der Waals surface area contributed by atoms with Crippen molar-refractivity contribution < 1.29 is 18.7 Å². The standard InChI is InChI=1S/C25H25FN2O3/c1-3-28(18(2)29)16-21-7-4-5-10-24(21)27-25(30)20-8-6-9-23(15-20)31-17-19-11-13-22(26)14-12-19/h4-15H,3,16-17H2,1-2H3,(H,27,30). The van der Waals surface area contributed by atoms with E-state index in [1.54, 1.807) is 41.3 Å². The molecule has 5 nitrogen and oxygen atoms in total. The molecule has 0 unspecified atom stereocenters. The number of hydrogen-bond donors (Lipinski definition) is 1. The van der Waals surface area contributed by atoms with Crippen molar-refractivity contribution in [2.75, 3.05) is 11.9 Å². The molecule has 0 aliphatic rings. The Balaban J connectivity index is 1.69. The summed E-state index contributed by atoms with van der Waals surface area (Å²) >= 11 is 0. The minimum Gasteiger partial charge on any atom is -0.489 e. The average molecular weight is 420 g/mol. The maximum atomic E-state index is 13.0. The van der Waals surface area contributed by atoms with Crippen LogP contribution in [0.5, 0.6) is 5.75 Å². The number of para-hydroxylation sites is 1. The Morgan fingerprint density at radius 1 is 1.00 bits per heavy atom. The highest BCUT2D eigenvalue weighted by atomic mass is 19.1. The molecule has 0 saturated carbocycles. The number of rotatable bonds is 8. The molecule has 0 aromatic heterocycles. The third-order valence-corrected chi connectivity index (χ3v) is 4.87. The van der Waals surface area contributed by atoms with Gasteiger partial charge in [0.05, 0.1) is 0 Å². The van der Waals surface area contributed by atoms with E-state index in [1.807, 2.05) is 31.2 Å². The van der Waals surface area contributed by atoms with Gasteiger partial charge in [0.25, 0.3) is 5.91 Å². The number of nitrogens with zero attached hydrogens (tertiary/aromatic N) is 1. The summed E-state index contributed by atoms with van der Waals surface area (Å²) in [5, 5.41) is 2.93. The number of amides is 2. The zero-order valence-electron chi connectivity index (χ0n) is 17.6. The molecule has 160 valence electrons. The number of halogens is 1. The van der Waals surface area contributed by atoms with Gasteiger partial charge >= 0.3 is 0 Å². The number of hydrogen-bond acceptors (Lipinski definition) is 3. The molecule has 3 rings (SSSR count). The Morgan fingerprint density at radius 3 is 2.45 bits per heavy atom. The fourth-order valence-electron chi connectivity index (χ4n) is 3.10. The molecule has 2 amide bonds. The second kappa shape index (κ2) is 10.4. The molecule has 0 bridgehead atoms. The molecule has 0 atom stereocenters. The Kier molecular flexibility index (Phi) is 7.38. The molecule has 0 radical (unpaired) electrons. The van der Waals surface area contributed by atoms with E-state index in [2.05, 4.69) is 5.32 Å². The van der Waals surface area contributed by atoms with E-state index >= 15 is 0 Å².